The maximum Gasteiger partial charge on any atom is 0.321 e. The molecule has 0 spiro atoms. The fourth-order valence-electron chi connectivity index (χ4n) is 4.28. The molecule has 1 saturated heterocycles. The fraction of sp³-hybridized carbons (Fsp3) is 0.522. The van der Waals surface area contributed by atoms with Gasteiger partial charge in [-0.2, -0.15) is 4.98 Å². The van der Waals surface area contributed by atoms with E-state index in [4.69, 9.17) is 9.26 Å². The number of hydrogen-bond donors (Lipinski definition) is 1. The van der Waals surface area contributed by atoms with Crippen LogP contribution in [0.2, 0.25) is 0 Å². The Balaban J connectivity index is 1.26. The molecule has 2 amide bonds. The van der Waals surface area contributed by atoms with Crippen molar-refractivity contribution in [1.29, 1.82) is 0 Å². The van der Waals surface area contributed by atoms with Gasteiger partial charge in [0.2, 0.25) is 5.89 Å². The molecule has 0 unspecified atom stereocenters. The molecule has 5 rings (SSSR count). The van der Waals surface area contributed by atoms with Gasteiger partial charge in [0.15, 0.2) is 5.82 Å². The minimum absolute atomic E-state index is 0.219. The van der Waals surface area contributed by atoms with Gasteiger partial charge in [-0.3, -0.25) is 0 Å². The number of amides is 2. The topological polar surface area (TPSA) is 80.5 Å². The van der Waals surface area contributed by atoms with E-state index >= 15 is 0 Å². The van der Waals surface area contributed by atoms with Gasteiger partial charge >= 0.3 is 6.03 Å². The summed E-state index contributed by atoms with van der Waals surface area (Å²) < 4.78 is 25.4. The Hall–Kier alpha value is -2.74. The van der Waals surface area contributed by atoms with Crippen LogP contribution < -0.4 is 5.32 Å². The summed E-state index contributed by atoms with van der Waals surface area (Å²) in [5.74, 6) is 1.47. The summed E-state index contributed by atoms with van der Waals surface area (Å²) in [5, 5.41) is 7.04. The van der Waals surface area contributed by atoms with Gasteiger partial charge in [0, 0.05) is 30.0 Å². The number of nitrogens with zero attached hydrogens (tertiary/aromatic N) is 3. The summed E-state index contributed by atoms with van der Waals surface area (Å²) in [6.45, 7) is 4.32. The van der Waals surface area contributed by atoms with Crippen molar-refractivity contribution in [3.63, 3.8) is 0 Å². The molecule has 1 saturated carbocycles. The van der Waals surface area contributed by atoms with Gasteiger partial charge in [0.1, 0.15) is 5.82 Å². The van der Waals surface area contributed by atoms with Crippen LogP contribution in [0.4, 0.5) is 14.9 Å². The molecular formula is C23H27FN4O3. The van der Waals surface area contributed by atoms with Gasteiger partial charge in [0.05, 0.1) is 18.9 Å². The second-order valence-corrected chi connectivity index (χ2v) is 8.93. The van der Waals surface area contributed by atoms with Gasteiger partial charge in [0.25, 0.3) is 0 Å². The first-order chi connectivity index (χ1) is 15.0. The Morgan fingerprint density at radius 3 is 2.81 bits per heavy atom. The van der Waals surface area contributed by atoms with E-state index in [0.717, 1.165) is 48.5 Å². The number of likely N-dealkylation sites (tertiary alicyclic amines) is 1. The molecule has 2 fully saturated rings. The van der Waals surface area contributed by atoms with Crippen LogP contribution >= 0.6 is 0 Å². The average Bonchev–Trinajstić information content (AvgIpc) is 3.52. The maximum atomic E-state index is 14.6. The van der Waals surface area contributed by atoms with Gasteiger partial charge in [-0.25, -0.2) is 9.18 Å². The molecule has 7 nitrogen and oxygen atoms in total. The fourth-order valence-corrected chi connectivity index (χ4v) is 4.28. The monoisotopic (exact) mass is 426 g/mol. The molecule has 3 aliphatic rings. The number of para-hydroxylation sites is 1. The lowest BCUT2D eigenvalue weighted by molar-refractivity contribution is 0.161. The predicted octanol–water partition coefficient (Wildman–Crippen LogP) is 4.48. The number of hydrogen-bond acceptors (Lipinski definition) is 5. The molecular weight excluding hydrogens is 399 g/mol. The van der Waals surface area contributed by atoms with Crippen LogP contribution in [0.25, 0.3) is 5.57 Å². The maximum absolute atomic E-state index is 14.6. The number of anilines is 1. The third kappa shape index (κ3) is 4.08. The summed E-state index contributed by atoms with van der Waals surface area (Å²) >= 11 is 0. The first kappa shape index (κ1) is 20.2. The highest BCUT2D eigenvalue weighted by Gasteiger charge is 2.39. The molecule has 1 N–H and O–H groups in total. The summed E-state index contributed by atoms with van der Waals surface area (Å²) in [6.07, 6.45) is 6.35. The highest BCUT2D eigenvalue weighted by atomic mass is 19.1. The molecule has 31 heavy (non-hydrogen) atoms. The Bertz CT molecular complexity index is 1010. The van der Waals surface area contributed by atoms with Crippen LogP contribution in [0.1, 0.15) is 62.2 Å². The number of halogens is 1. The third-order valence-corrected chi connectivity index (χ3v) is 6.62. The van der Waals surface area contributed by atoms with E-state index < -0.39 is 5.82 Å². The number of carbonyl (C=O) groups excluding carboxylic acids is 1. The van der Waals surface area contributed by atoms with Crippen molar-refractivity contribution in [3.8, 4) is 0 Å². The third-order valence-electron chi connectivity index (χ3n) is 6.62. The number of aromatic nitrogens is 2. The summed E-state index contributed by atoms with van der Waals surface area (Å²) in [6, 6.07) is 4.61. The quantitative estimate of drug-likeness (QED) is 0.780. The van der Waals surface area contributed by atoms with E-state index in [1.165, 1.54) is 6.07 Å². The largest absolute Gasteiger partial charge is 0.377 e. The molecule has 1 aliphatic carbocycles. The summed E-state index contributed by atoms with van der Waals surface area (Å²) in [4.78, 5) is 19.3. The Labute approximate surface area is 180 Å². The smallest absolute Gasteiger partial charge is 0.321 e. The van der Waals surface area contributed by atoms with Crippen molar-refractivity contribution in [3.05, 3.63) is 47.4 Å². The van der Waals surface area contributed by atoms with E-state index in [1.807, 2.05) is 12.1 Å². The van der Waals surface area contributed by atoms with Gasteiger partial charge in [-0.1, -0.05) is 30.3 Å². The highest BCUT2D eigenvalue weighted by molar-refractivity contribution is 5.93. The van der Waals surface area contributed by atoms with Gasteiger partial charge < -0.3 is 19.5 Å². The molecule has 3 heterocycles. The van der Waals surface area contributed by atoms with E-state index in [2.05, 4.69) is 22.4 Å². The number of ether oxygens (including phenoxy) is 1. The molecule has 0 radical (unpaired) electrons. The lowest BCUT2D eigenvalue weighted by atomic mass is 9.80. The zero-order valence-corrected chi connectivity index (χ0v) is 17.7. The van der Waals surface area contributed by atoms with Crippen LogP contribution in [0, 0.1) is 5.82 Å². The Morgan fingerprint density at radius 1 is 1.29 bits per heavy atom. The SMILES string of the molecule is CC1(c2noc(C3CC3)n2)CCN(C(=O)Nc2c(F)cccc2C2=CCOCC2)CC1. The number of piperidine rings is 1. The van der Waals surface area contributed by atoms with Gasteiger partial charge in [-0.15, -0.1) is 0 Å². The van der Waals surface area contributed by atoms with Crippen LogP contribution in [0.5, 0.6) is 0 Å². The first-order valence-corrected chi connectivity index (χ1v) is 11.0. The number of urea groups is 1. The molecule has 164 valence electrons. The lowest BCUT2D eigenvalue weighted by Gasteiger charge is -2.37. The van der Waals surface area contributed by atoms with Gasteiger partial charge in [-0.05, 0) is 43.7 Å². The van der Waals surface area contributed by atoms with E-state index in [0.29, 0.717) is 38.6 Å². The van der Waals surface area contributed by atoms with Crippen molar-refractivity contribution >= 4 is 17.3 Å². The average molecular weight is 426 g/mol. The molecule has 8 heteroatoms. The van der Waals surface area contributed by atoms with Crippen LogP contribution in [-0.4, -0.2) is 47.4 Å². The van der Waals surface area contributed by atoms with Crippen molar-refractivity contribution in [1.82, 2.24) is 15.0 Å². The second-order valence-electron chi connectivity index (χ2n) is 8.93. The molecule has 0 bridgehead atoms. The molecule has 0 atom stereocenters. The van der Waals surface area contributed by atoms with E-state index in [-0.39, 0.29) is 17.1 Å². The molecule has 2 aliphatic heterocycles. The zero-order valence-electron chi connectivity index (χ0n) is 17.7. The van der Waals surface area contributed by atoms with E-state index in [1.54, 1.807) is 11.0 Å². The predicted molar refractivity (Wildman–Crippen MR) is 113 cm³/mol. The van der Waals surface area contributed by atoms with Crippen molar-refractivity contribution in [2.24, 2.45) is 0 Å². The number of carbonyl (C=O) groups is 1. The molecule has 2 aromatic rings. The zero-order chi connectivity index (χ0) is 21.4. The minimum atomic E-state index is -0.431. The number of rotatable bonds is 4. The van der Waals surface area contributed by atoms with Crippen molar-refractivity contribution in [2.75, 3.05) is 31.6 Å². The van der Waals surface area contributed by atoms with Crippen LogP contribution in [0.3, 0.4) is 0 Å². The highest BCUT2D eigenvalue weighted by Crippen LogP contribution is 2.41. The van der Waals surface area contributed by atoms with Crippen LogP contribution in [0.15, 0.2) is 28.8 Å². The Kier molecular flexibility index (Phi) is 5.25. The standard InChI is InChI=1S/C23H27FN4O3/c1-23(21-26-20(31-27-21)16-5-6-16)9-11-28(12-10-23)22(29)25-19-17(3-2-4-18(19)24)15-7-13-30-14-8-15/h2-4,7,16H,5-6,8-14H2,1H3,(H,25,29). The van der Waals surface area contributed by atoms with Crippen molar-refractivity contribution in [2.45, 2.75) is 50.4 Å². The second kappa shape index (κ2) is 8.07. The number of nitrogens with one attached hydrogen (secondary N) is 1. The summed E-state index contributed by atoms with van der Waals surface area (Å²) in [7, 11) is 0. The lowest BCUT2D eigenvalue weighted by Crippen LogP contribution is -2.46. The van der Waals surface area contributed by atoms with Crippen LogP contribution in [-0.2, 0) is 10.2 Å². The number of benzene rings is 1. The summed E-state index contributed by atoms with van der Waals surface area (Å²) in [5.41, 5.74) is 1.73. The van der Waals surface area contributed by atoms with E-state index in [9.17, 15) is 9.18 Å². The molecule has 1 aromatic carbocycles. The normalized spacial score (nSPS) is 21.0. The van der Waals surface area contributed by atoms with Crippen molar-refractivity contribution < 1.29 is 18.4 Å². The Morgan fingerprint density at radius 2 is 2.10 bits per heavy atom. The minimum Gasteiger partial charge on any atom is -0.377 e. The molecule has 1 aromatic heterocycles. The first-order valence-electron chi connectivity index (χ1n) is 11.0.